The number of benzene rings is 1. The van der Waals surface area contributed by atoms with Gasteiger partial charge in [0, 0.05) is 5.56 Å². The number of allylic oxidation sites excluding steroid dienone is 1. The average Bonchev–Trinajstić information content (AvgIpc) is 3.02. The van der Waals surface area contributed by atoms with Crippen molar-refractivity contribution in [2.45, 2.75) is 32.0 Å². The first-order valence-electron chi connectivity index (χ1n) is 7.76. The van der Waals surface area contributed by atoms with E-state index in [1.807, 2.05) is 38.1 Å². The molecule has 0 amide bonds. The molecular weight excluding hydrogens is 292 g/mol. The average molecular weight is 310 g/mol. The van der Waals surface area contributed by atoms with E-state index in [0.717, 1.165) is 11.1 Å². The van der Waals surface area contributed by atoms with Gasteiger partial charge in [-0.1, -0.05) is 29.8 Å². The molecule has 0 aromatic heterocycles. The van der Waals surface area contributed by atoms with Crippen molar-refractivity contribution in [3.05, 3.63) is 53.1 Å². The summed E-state index contributed by atoms with van der Waals surface area (Å²) >= 11 is 0. The zero-order valence-corrected chi connectivity index (χ0v) is 13.4. The Balaban J connectivity index is 1.95. The molecule has 0 saturated carbocycles. The minimum atomic E-state index is -1.09. The maximum Gasteiger partial charge on any atom is 0.200 e. The number of carbonyl (C=O) groups excluding carboxylic acids is 2. The topological polar surface area (TPSA) is 52.6 Å². The van der Waals surface area contributed by atoms with Gasteiger partial charge in [0.05, 0.1) is 23.7 Å². The number of ketones is 2. The lowest BCUT2D eigenvalue weighted by Gasteiger charge is -2.32. The molecule has 0 spiro atoms. The normalized spacial score (nSPS) is 34.6. The maximum absolute atomic E-state index is 12.6. The fourth-order valence-electron chi connectivity index (χ4n) is 3.89. The molecule has 1 aliphatic carbocycles. The smallest absolute Gasteiger partial charge is 0.200 e. The molecule has 118 valence electrons. The first-order chi connectivity index (χ1) is 10.9. The van der Waals surface area contributed by atoms with E-state index >= 15 is 0 Å². The van der Waals surface area contributed by atoms with E-state index in [0.29, 0.717) is 11.3 Å². The highest BCUT2D eigenvalue weighted by Gasteiger charge is 2.67. The Morgan fingerprint density at radius 1 is 1.26 bits per heavy atom. The van der Waals surface area contributed by atoms with Crippen molar-refractivity contribution in [3.8, 4) is 0 Å². The lowest BCUT2D eigenvalue weighted by atomic mass is 9.70. The van der Waals surface area contributed by atoms with E-state index in [2.05, 4.69) is 0 Å². The summed E-state index contributed by atoms with van der Waals surface area (Å²) in [5, 5.41) is 0. The first-order valence-corrected chi connectivity index (χ1v) is 7.76. The predicted octanol–water partition coefficient (Wildman–Crippen LogP) is 2.61. The van der Waals surface area contributed by atoms with Crippen LogP contribution in [0.2, 0.25) is 0 Å². The summed E-state index contributed by atoms with van der Waals surface area (Å²) in [7, 11) is 0. The Kier molecular flexibility index (Phi) is 2.77. The van der Waals surface area contributed by atoms with Crippen molar-refractivity contribution in [1.82, 2.24) is 0 Å². The molecular formula is C19H18O4. The molecule has 3 aliphatic rings. The van der Waals surface area contributed by atoms with Crippen LogP contribution in [-0.4, -0.2) is 29.4 Å². The van der Waals surface area contributed by atoms with Gasteiger partial charge in [-0.05, 0) is 32.9 Å². The number of hydrogen-bond donors (Lipinski definition) is 0. The van der Waals surface area contributed by atoms with Gasteiger partial charge in [-0.3, -0.25) is 9.59 Å². The van der Waals surface area contributed by atoms with Gasteiger partial charge in [0.25, 0.3) is 0 Å². The largest absolute Gasteiger partial charge is 0.475 e. The Labute approximate surface area is 134 Å². The highest BCUT2D eigenvalue weighted by Crippen LogP contribution is 2.56. The van der Waals surface area contributed by atoms with E-state index in [1.54, 1.807) is 6.08 Å². The van der Waals surface area contributed by atoms with Crippen molar-refractivity contribution in [1.29, 1.82) is 0 Å². The Bertz CT molecular complexity index is 786. The third-order valence-electron chi connectivity index (χ3n) is 5.20. The molecule has 1 saturated heterocycles. The molecule has 0 bridgehead atoms. The number of Topliss-reactive ketones (excluding diaryl/α,β-unsaturated/α-hetero) is 1. The standard InChI is InChI=1S/C19H18O4/c1-11-4-6-13(7-5-11)16-15-14(21)8-9-18(3)17(15)19(23-16,10-22-18)12(2)20/h4-9,17H,10H2,1-3H3/t17-,18+,19-/m1/s1. The van der Waals surface area contributed by atoms with E-state index in [4.69, 9.17) is 9.47 Å². The number of hydrogen-bond acceptors (Lipinski definition) is 4. The summed E-state index contributed by atoms with van der Waals surface area (Å²) < 4.78 is 12.0. The zero-order chi connectivity index (χ0) is 16.4. The summed E-state index contributed by atoms with van der Waals surface area (Å²) in [6.45, 7) is 5.59. The fraction of sp³-hybridized carbons (Fsp3) is 0.368. The van der Waals surface area contributed by atoms with Crippen LogP contribution in [0.25, 0.3) is 5.76 Å². The lowest BCUT2D eigenvalue weighted by Crippen LogP contribution is -2.48. The third kappa shape index (κ3) is 1.75. The molecule has 23 heavy (non-hydrogen) atoms. The van der Waals surface area contributed by atoms with Crippen LogP contribution in [0.15, 0.2) is 42.0 Å². The van der Waals surface area contributed by atoms with Crippen molar-refractivity contribution >= 4 is 17.3 Å². The van der Waals surface area contributed by atoms with Crippen molar-refractivity contribution in [3.63, 3.8) is 0 Å². The minimum absolute atomic E-state index is 0.100. The molecule has 4 rings (SSSR count). The Hall–Kier alpha value is -2.20. The molecule has 2 aliphatic heterocycles. The Morgan fingerprint density at radius 2 is 1.96 bits per heavy atom. The second kappa shape index (κ2) is 4.42. The molecule has 1 aromatic rings. The van der Waals surface area contributed by atoms with Crippen LogP contribution < -0.4 is 0 Å². The molecule has 1 aromatic carbocycles. The molecule has 0 N–H and O–H groups in total. The van der Waals surface area contributed by atoms with Crippen LogP contribution in [0.3, 0.4) is 0 Å². The third-order valence-corrected chi connectivity index (χ3v) is 5.20. The first kappa shape index (κ1) is 14.4. The highest BCUT2D eigenvalue weighted by molar-refractivity contribution is 6.13. The van der Waals surface area contributed by atoms with E-state index in [1.165, 1.54) is 13.0 Å². The number of aryl methyl sites for hydroxylation is 1. The number of ether oxygens (including phenoxy) is 2. The molecule has 0 unspecified atom stereocenters. The van der Waals surface area contributed by atoms with Crippen molar-refractivity contribution < 1.29 is 19.1 Å². The monoisotopic (exact) mass is 310 g/mol. The van der Waals surface area contributed by atoms with Gasteiger partial charge >= 0.3 is 0 Å². The summed E-state index contributed by atoms with van der Waals surface area (Å²) in [6.07, 6.45) is 3.29. The van der Waals surface area contributed by atoms with Gasteiger partial charge < -0.3 is 9.47 Å². The van der Waals surface area contributed by atoms with E-state index in [9.17, 15) is 9.59 Å². The van der Waals surface area contributed by atoms with E-state index in [-0.39, 0.29) is 24.1 Å². The van der Waals surface area contributed by atoms with Crippen LogP contribution in [-0.2, 0) is 19.1 Å². The molecule has 3 atom stereocenters. The lowest BCUT2D eigenvalue weighted by molar-refractivity contribution is -0.135. The number of carbonyl (C=O) groups is 2. The number of rotatable bonds is 2. The quantitative estimate of drug-likeness (QED) is 0.842. The van der Waals surface area contributed by atoms with Gasteiger partial charge in [-0.15, -0.1) is 0 Å². The molecule has 2 heterocycles. The molecule has 1 fully saturated rings. The van der Waals surface area contributed by atoms with Crippen molar-refractivity contribution in [2.75, 3.05) is 6.61 Å². The summed E-state index contributed by atoms with van der Waals surface area (Å²) in [6, 6.07) is 7.80. The van der Waals surface area contributed by atoms with Gasteiger partial charge in [0.1, 0.15) is 5.76 Å². The van der Waals surface area contributed by atoms with Gasteiger partial charge in [0.2, 0.25) is 0 Å². The fourth-order valence-corrected chi connectivity index (χ4v) is 3.89. The van der Waals surface area contributed by atoms with Crippen LogP contribution in [0, 0.1) is 12.8 Å². The van der Waals surface area contributed by atoms with Crippen LogP contribution in [0.4, 0.5) is 0 Å². The maximum atomic E-state index is 12.6. The van der Waals surface area contributed by atoms with Crippen LogP contribution in [0.5, 0.6) is 0 Å². The molecule has 4 heteroatoms. The van der Waals surface area contributed by atoms with Crippen LogP contribution >= 0.6 is 0 Å². The summed E-state index contributed by atoms with van der Waals surface area (Å²) in [5.41, 5.74) is 0.742. The second-order valence-corrected chi connectivity index (χ2v) is 6.76. The predicted molar refractivity (Wildman–Crippen MR) is 84.6 cm³/mol. The second-order valence-electron chi connectivity index (χ2n) is 6.76. The van der Waals surface area contributed by atoms with Crippen LogP contribution in [0.1, 0.15) is 25.0 Å². The highest BCUT2D eigenvalue weighted by atomic mass is 16.6. The SMILES string of the molecule is CC(=O)[C@@]12CO[C@@]3(C)C=CC(=O)C(=C(c4ccc(C)cc4)O1)[C@H]32. The molecule has 0 radical (unpaired) electrons. The Morgan fingerprint density at radius 3 is 2.61 bits per heavy atom. The zero-order valence-electron chi connectivity index (χ0n) is 13.4. The van der Waals surface area contributed by atoms with Gasteiger partial charge in [-0.25, -0.2) is 0 Å². The van der Waals surface area contributed by atoms with Gasteiger partial charge in [0.15, 0.2) is 17.2 Å². The van der Waals surface area contributed by atoms with Crippen molar-refractivity contribution in [2.24, 2.45) is 5.92 Å². The van der Waals surface area contributed by atoms with Gasteiger partial charge in [-0.2, -0.15) is 0 Å². The minimum Gasteiger partial charge on any atom is -0.475 e. The summed E-state index contributed by atoms with van der Waals surface area (Å²) in [5.74, 6) is -0.0685. The van der Waals surface area contributed by atoms with E-state index < -0.39 is 11.2 Å². The summed E-state index contributed by atoms with van der Waals surface area (Å²) in [4.78, 5) is 25.0. The molecule has 4 nitrogen and oxygen atoms in total.